The van der Waals surface area contributed by atoms with E-state index in [0.29, 0.717) is 24.3 Å². The van der Waals surface area contributed by atoms with Crippen LogP contribution in [0.4, 0.5) is 17.6 Å². The highest BCUT2D eigenvalue weighted by molar-refractivity contribution is 5.32. The van der Waals surface area contributed by atoms with E-state index in [1.54, 1.807) is 0 Å². The van der Waals surface area contributed by atoms with Crippen LogP contribution in [0.1, 0.15) is 107 Å². The van der Waals surface area contributed by atoms with Crippen LogP contribution in [0, 0.1) is 29.4 Å². The predicted octanol–water partition coefficient (Wildman–Crippen LogP) is 10.0. The number of unbranched alkanes of at least 4 members (excludes halogenated alkanes) is 1. The summed E-state index contributed by atoms with van der Waals surface area (Å²) in [6, 6.07) is 10.8. The van der Waals surface area contributed by atoms with E-state index in [4.69, 9.17) is 0 Å². The fraction of sp³-hybridized carbons (Fsp3) is 0.625. The van der Waals surface area contributed by atoms with Crippen LogP contribution in [0.25, 0.3) is 0 Å². The summed E-state index contributed by atoms with van der Waals surface area (Å²) in [7, 11) is 0. The Morgan fingerprint density at radius 3 is 1.78 bits per heavy atom. The molecular weight excluding hydrogens is 476 g/mol. The van der Waals surface area contributed by atoms with E-state index in [-0.39, 0.29) is 0 Å². The zero-order valence-corrected chi connectivity index (χ0v) is 22.2. The van der Waals surface area contributed by atoms with Gasteiger partial charge in [-0.25, -0.2) is 8.78 Å². The van der Waals surface area contributed by atoms with Crippen LogP contribution in [0.15, 0.2) is 36.4 Å². The zero-order chi connectivity index (χ0) is 26.2. The minimum atomic E-state index is -3.26. The molecule has 0 unspecified atom stereocenters. The molecule has 0 aliphatic heterocycles. The second-order valence-corrected chi connectivity index (χ2v) is 11.6. The van der Waals surface area contributed by atoms with E-state index in [0.717, 1.165) is 35.4 Å². The average molecular weight is 519 g/mol. The number of hydrogen-bond donors (Lipinski definition) is 0. The molecule has 0 bridgehead atoms. The van der Waals surface area contributed by atoms with Crippen LogP contribution in [0.2, 0.25) is 0 Å². The molecule has 0 amide bonds. The molecule has 0 spiro atoms. The van der Waals surface area contributed by atoms with Crippen LogP contribution in [-0.4, -0.2) is 6.61 Å². The van der Waals surface area contributed by atoms with Crippen molar-refractivity contribution in [3.05, 3.63) is 64.7 Å². The lowest BCUT2D eigenvalue weighted by molar-refractivity contribution is -0.0546. The predicted molar refractivity (Wildman–Crippen MR) is 141 cm³/mol. The van der Waals surface area contributed by atoms with Crippen molar-refractivity contribution in [3.8, 4) is 5.75 Å². The van der Waals surface area contributed by atoms with Gasteiger partial charge in [-0.2, -0.15) is 8.78 Å². The highest BCUT2D eigenvalue weighted by atomic mass is 19.3. The SMILES string of the molecule is CC1CCC(CCCCC2CCC(c3ccc(CCc4cc(F)c(OC(F)F)c(F)c4)cc3)CC2)CC1. The smallest absolute Gasteiger partial charge is 0.387 e. The van der Waals surface area contributed by atoms with Gasteiger partial charge in [0, 0.05) is 0 Å². The maximum absolute atomic E-state index is 14.0. The molecule has 5 heteroatoms. The Kier molecular flexibility index (Phi) is 10.3. The molecule has 37 heavy (non-hydrogen) atoms. The number of rotatable bonds is 11. The maximum Gasteiger partial charge on any atom is 0.387 e. The summed E-state index contributed by atoms with van der Waals surface area (Å²) in [5.41, 5.74) is 2.91. The van der Waals surface area contributed by atoms with Crippen LogP contribution < -0.4 is 4.74 Å². The van der Waals surface area contributed by atoms with Crippen molar-refractivity contribution in [2.24, 2.45) is 17.8 Å². The average Bonchev–Trinajstić information content (AvgIpc) is 2.89. The second-order valence-electron chi connectivity index (χ2n) is 11.6. The number of alkyl halides is 2. The van der Waals surface area contributed by atoms with Crippen molar-refractivity contribution in [2.75, 3.05) is 0 Å². The zero-order valence-electron chi connectivity index (χ0n) is 22.2. The summed E-state index contributed by atoms with van der Waals surface area (Å²) < 4.78 is 56.5. The fourth-order valence-electron chi connectivity index (χ4n) is 6.47. The van der Waals surface area contributed by atoms with E-state index >= 15 is 0 Å². The standard InChI is InChI=1S/C32H42F4O/c1-22-6-8-23(9-7-22)4-2-3-5-24-12-16-27(17-13-24)28-18-14-25(15-19-28)10-11-26-20-29(33)31(30(34)21-26)37-32(35)36/h14-15,18-24,27,32H,2-13,16-17H2,1H3. The van der Waals surface area contributed by atoms with Gasteiger partial charge in [0.15, 0.2) is 17.4 Å². The summed E-state index contributed by atoms with van der Waals surface area (Å²) in [4.78, 5) is 0. The highest BCUT2D eigenvalue weighted by Gasteiger charge is 2.23. The first-order chi connectivity index (χ1) is 17.9. The quantitative estimate of drug-likeness (QED) is 0.212. The van der Waals surface area contributed by atoms with Crippen molar-refractivity contribution >= 4 is 0 Å². The fourth-order valence-corrected chi connectivity index (χ4v) is 6.47. The van der Waals surface area contributed by atoms with Gasteiger partial charge < -0.3 is 4.74 Å². The molecule has 0 radical (unpaired) electrons. The Balaban J connectivity index is 1.16. The highest BCUT2D eigenvalue weighted by Crippen LogP contribution is 2.38. The molecule has 2 fully saturated rings. The summed E-state index contributed by atoms with van der Waals surface area (Å²) in [5.74, 6) is 0.236. The van der Waals surface area contributed by atoms with Gasteiger partial charge in [-0.3, -0.25) is 0 Å². The van der Waals surface area contributed by atoms with Crippen LogP contribution >= 0.6 is 0 Å². The van der Waals surface area contributed by atoms with Gasteiger partial charge in [-0.15, -0.1) is 0 Å². The Morgan fingerprint density at radius 1 is 0.730 bits per heavy atom. The van der Waals surface area contributed by atoms with Crippen LogP contribution in [0.3, 0.4) is 0 Å². The number of benzene rings is 2. The second kappa shape index (κ2) is 13.7. The normalized spacial score (nSPS) is 24.4. The minimum absolute atomic E-state index is 0.423. The van der Waals surface area contributed by atoms with Gasteiger partial charge in [0.1, 0.15) is 0 Å². The van der Waals surface area contributed by atoms with Crippen molar-refractivity contribution in [3.63, 3.8) is 0 Å². The first-order valence-electron chi connectivity index (χ1n) is 14.4. The first kappa shape index (κ1) is 28.0. The molecule has 2 aliphatic rings. The molecule has 0 heterocycles. The van der Waals surface area contributed by atoms with E-state index in [2.05, 4.69) is 35.9 Å². The molecule has 0 atom stereocenters. The number of hydrogen-bond acceptors (Lipinski definition) is 1. The van der Waals surface area contributed by atoms with Gasteiger partial charge in [0.25, 0.3) is 0 Å². The van der Waals surface area contributed by atoms with Crippen LogP contribution in [-0.2, 0) is 12.8 Å². The molecule has 0 N–H and O–H groups in total. The summed E-state index contributed by atoms with van der Waals surface area (Å²) in [6.07, 6.45) is 17.6. The van der Waals surface area contributed by atoms with E-state index < -0.39 is 24.0 Å². The minimum Gasteiger partial charge on any atom is -0.429 e. The Morgan fingerprint density at radius 2 is 1.24 bits per heavy atom. The Bertz CT molecular complexity index is 934. The third-order valence-corrected chi connectivity index (χ3v) is 8.88. The summed E-state index contributed by atoms with van der Waals surface area (Å²) in [6.45, 7) is -0.863. The third kappa shape index (κ3) is 8.48. The molecular formula is C32H42F4O. The van der Waals surface area contributed by atoms with E-state index in [1.807, 2.05) is 0 Å². The Labute approximate surface area is 220 Å². The molecule has 1 nitrogen and oxygen atoms in total. The number of aryl methyl sites for hydroxylation is 2. The third-order valence-electron chi connectivity index (χ3n) is 8.88. The monoisotopic (exact) mass is 518 g/mol. The molecule has 2 aliphatic carbocycles. The maximum atomic E-state index is 14.0. The van der Waals surface area contributed by atoms with Crippen LogP contribution in [0.5, 0.6) is 5.75 Å². The first-order valence-corrected chi connectivity index (χ1v) is 14.4. The Hall–Kier alpha value is -2.04. The lowest BCUT2D eigenvalue weighted by atomic mass is 9.76. The van der Waals surface area contributed by atoms with Gasteiger partial charge in [-0.1, -0.05) is 82.6 Å². The van der Waals surface area contributed by atoms with Gasteiger partial charge in [-0.05, 0) is 91.0 Å². The van der Waals surface area contributed by atoms with Gasteiger partial charge >= 0.3 is 6.61 Å². The van der Waals surface area contributed by atoms with Crippen molar-refractivity contribution < 1.29 is 22.3 Å². The van der Waals surface area contributed by atoms with Crippen molar-refractivity contribution in [1.82, 2.24) is 0 Å². The van der Waals surface area contributed by atoms with E-state index in [9.17, 15) is 17.6 Å². The summed E-state index contributed by atoms with van der Waals surface area (Å²) in [5, 5.41) is 0. The van der Waals surface area contributed by atoms with Gasteiger partial charge in [0.2, 0.25) is 0 Å². The van der Waals surface area contributed by atoms with Crippen molar-refractivity contribution in [2.45, 2.75) is 109 Å². The topological polar surface area (TPSA) is 9.23 Å². The van der Waals surface area contributed by atoms with Crippen molar-refractivity contribution in [1.29, 1.82) is 0 Å². The van der Waals surface area contributed by atoms with Gasteiger partial charge in [0.05, 0.1) is 0 Å². The molecule has 4 rings (SSSR count). The van der Waals surface area contributed by atoms with E-state index in [1.165, 1.54) is 82.6 Å². The lowest BCUT2D eigenvalue weighted by Gasteiger charge is -2.29. The molecule has 2 aromatic carbocycles. The molecule has 2 saturated carbocycles. The molecule has 2 aromatic rings. The molecule has 0 aromatic heterocycles. The lowest BCUT2D eigenvalue weighted by Crippen LogP contribution is -2.14. The summed E-state index contributed by atoms with van der Waals surface area (Å²) >= 11 is 0. The number of ether oxygens (including phenoxy) is 1. The largest absolute Gasteiger partial charge is 0.429 e. The molecule has 0 saturated heterocycles. The number of halogens is 4. The molecule has 204 valence electrons.